The van der Waals surface area contributed by atoms with Crippen molar-refractivity contribution in [2.45, 2.75) is 53.3 Å². The summed E-state index contributed by atoms with van der Waals surface area (Å²) in [5.41, 5.74) is -0.991. The first-order valence-electron chi connectivity index (χ1n) is 6.77. The lowest BCUT2D eigenvalue weighted by Crippen LogP contribution is -2.45. The minimum absolute atomic E-state index is 0.110. The first kappa shape index (κ1) is 19.7. The summed E-state index contributed by atoms with van der Waals surface area (Å²) in [4.78, 5) is 23.9. The molecule has 0 heterocycles. The minimum atomic E-state index is -4.71. The summed E-state index contributed by atoms with van der Waals surface area (Å²) < 4.78 is 49.2. The van der Waals surface area contributed by atoms with Crippen molar-refractivity contribution in [3.05, 3.63) is 0 Å². The van der Waals surface area contributed by atoms with E-state index in [1.807, 2.05) is 0 Å². The highest BCUT2D eigenvalue weighted by atomic mass is 19.4. The van der Waals surface area contributed by atoms with E-state index in [-0.39, 0.29) is 6.61 Å². The number of alkyl halides is 3. The lowest BCUT2D eigenvalue weighted by atomic mass is 9.82. The number of halogens is 3. The van der Waals surface area contributed by atoms with E-state index in [1.54, 1.807) is 0 Å². The summed E-state index contributed by atoms with van der Waals surface area (Å²) in [6.45, 7) is 8.51. The van der Waals surface area contributed by atoms with E-state index in [2.05, 4.69) is 4.74 Å². The third-order valence-corrected chi connectivity index (χ3v) is 2.66. The first-order chi connectivity index (χ1) is 9.31. The van der Waals surface area contributed by atoms with Gasteiger partial charge in [-0.25, -0.2) is 0 Å². The molecule has 0 fully saturated rings. The van der Waals surface area contributed by atoms with E-state index in [4.69, 9.17) is 4.74 Å². The fourth-order valence-corrected chi connectivity index (χ4v) is 1.94. The van der Waals surface area contributed by atoms with Gasteiger partial charge in [0.2, 0.25) is 0 Å². The SMILES string of the molecule is CCOC(=O)[C@@H](C(=O)OC(C)(C)C)[C@@H](C(C)C)C(F)(F)F. The average molecular weight is 312 g/mol. The quantitative estimate of drug-likeness (QED) is 0.577. The zero-order chi connectivity index (χ0) is 17.0. The summed E-state index contributed by atoms with van der Waals surface area (Å²) in [5.74, 6) is -7.54. The van der Waals surface area contributed by atoms with Gasteiger partial charge in [-0.2, -0.15) is 13.2 Å². The van der Waals surface area contributed by atoms with Crippen LogP contribution in [0.5, 0.6) is 0 Å². The molecule has 0 radical (unpaired) electrons. The van der Waals surface area contributed by atoms with Crippen LogP contribution in [0.1, 0.15) is 41.5 Å². The van der Waals surface area contributed by atoms with Gasteiger partial charge < -0.3 is 9.47 Å². The standard InChI is InChI=1S/C14H23F3O4/c1-7-20-11(18)9(12(19)21-13(4,5)6)10(8(2)3)14(15,16)17/h8-10H,7H2,1-6H3/t9-,10+/m0/s1. The third-order valence-electron chi connectivity index (χ3n) is 2.66. The highest BCUT2D eigenvalue weighted by Gasteiger charge is 2.53. The van der Waals surface area contributed by atoms with Crippen LogP contribution in [0.4, 0.5) is 13.2 Å². The maximum atomic E-state index is 13.2. The fraction of sp³-hybridized carbons (Fsp3) is 0.857. The molecule has 0 N–H and O–H groups in total. The predicted molar refractivity (Wildman–Crippen MR) is 70.4 cm³/mol. The summed E-state index contributed by atoms with van der Waals surface area (Å²) in [6, 6.07) is 0. The highest BCUT2D eigenvalue weighted by Crippen LogP contribution is 2.39. The molecule has 0 amide bonds. The zero-order valence-corrected chi connectivity index (χ0v) is 13.2. The van der Waals surface area contributed by atoms with Crippen LogP contribution in [-0.2, 0) is 19.1 Å². The van der Waals surface area contributed by atoms with E-state index in [0.29, 0.717) is 0 Å². The van der Waals surface area contributed by atoms with Crippen LogP contribution in [0.3, 0.4) is 0 Å². The van der Waals surface area contributed by atoms with Crippen LogP contribution in [0.2, 0.25) is 0 Å². The van der Waals surface area contributed by atoms with Crippen molar-refractivity contribution in [1.82, 2.24) is 0 Å². The Bertz CT molecular complexity index is 369. The number of carbonyl (C=O) groups is 2. The van der Waals surface area contributed by atoms with Crippen LogP contribution < -0.4 is 0 Å². The Morgan fingerprint density at radius 1 is 1.05 bits per heavy atom. The Balaban J connectivity index is 5.59. The van der Waals surface area contributed by atoms with Gasteiger partial charge in [0.15, 0.2) is 5.92 Å². The van der Waals surface area contributed by atoms with Crippen LogP contribution in [0, 0.1) is 17.8 Å². The van der Waals surface area contributed by atoms with E-state index < -0.39 is 41.5 Å². The van der Waals surface area contributed by atoms with Crippen LogP contribution in [0.15, 0.2) is 0 Å². The normalized spacial score (nSPS) is 15.5. The molecule has 124 valence electrons. The van der Waals surface area contributed by atoms with Crippen LogP contribution in [-0.4, -0.2) is 30.3 Å². The van der Waals surface area contributed by atoms with Crippen molar-refractivity contribution < 1.29 is 32.2 Å². The second-order valence-electron chi connectivity index (χ2n) is 6.07. The maximum Gasteiger partial charge on any atom is 0.393 e. The molecular weight excluding hydrogens is 289 g/mol. The average Bonchev–Trinajstić information content (AvgIpc) is 2.20. The van der Waals surface area contributed by atoms with Gasteiger partial charge in [0.1, 0.15) is 5.60 Å². The molecule has 0 aliphatic rings. The van der Waals surface area contributed by atoms with Crippen LogP contribution in [0.25, 0.3) is 0 Å². The highest BCUT2D eigenvalue weighted by molar-refractivity contribution is 5.95. The molecule has 0 aliphatic heterocycles. The number of hydrogen-bond acceptors (Lipinski definition) is 4. The Morgan fingerprint density at radius 3 is 1.81 bits per heavy atom. The molecule has 7 heteroatoms. The van der Waals surface area contributed by atoms with Gasteiger partial charge in [0, 0.05) is 0 Å². The first-order valence-corrected chi connectivity index (χ1v) is 6.77. The Kier molecular flexibility index (Phi) is 6.70. The van der Waals surface area contributed by atoms with Crippen molar-refractivity contribution in [1.29, 1.82) is 0 Å². The second kappa shape index (κ2) is 7.13. The van der Waals surface area contributed by atoms with Crippen molar-refractivity contribution in [2.24, 2.45) is 17.8 Å². The van der Waals surface area contributed by atoms with Crippen molar-refractivity contribution in [3.63, 3.8) is 0 Å². The van der Waals surface area contributed by atoms with Gasteiger partial charge in [-0.1, -0.05) is 13.8 Å². The molecule has 4 nitrogen and oxygen atoms in total. The van der Waals surface area contributed by atoms with Gasteiger partial charge in [-0.15, -0.1) is 0 Å². The molecule has 0 unspecified atom stereocenters. The lowest BCUT2D eigenvalue weighted by molar-refractivity contribution is -0.217. The molecule has 0 saturated carbocycles. The second-order valence-corrected chi connectivity index (χ2v) is 6.07. The molecule has 0 spiro atoms. The van der Waals surface area contributed by atoms with E-state index in [9.17, 15) is 22.8 Å². The number of esters is 2. The van der Waals surface area contributed by atoms with Crippen molar-refractivity contribution in [3.8, 4) is 0 Å². The Morgan fingerprint density at radius 2 is 1.52 bits per heavy atom. The maximum absolute atomic E-state index is 13.2. The molecule has 0 aromatic heterocycles. The lowest BCUT2D eigenvalue weighted by Gasteiger charge is -2.31. The molecule has 0 aromatic carbocycles. The number of rotatable bonds is 5. The monoisotopic (exact) mass is 312 g/mol. The van der Waals surface area contributed by atoms with E-state index in [0.717, 1.165) is 0 Å². The molecule has 21 heavy (non-hydrogen) atoms. The van der Waals surface area contributed by atoms with Crippen molar-refractivity contribution in [2.75, 3.05) is 6.61 Å². The smallest absolute Gasteiger partial charge is 0.393 e. The molecule has 0 aliphatic carbocycles. The topological polar surface area (TPSA) is 52.6 Å². The Hall–Kier alpha value is -1.27. The number of hydrogen-bond donors (Lipinski definition) is 0. The van der Waals surface area contributed by atoms with Gasteiger partial charge >= 0.3 is 18.1 Å². The van der Waals surface area contributed by atoms with Gasteiger partial charge in [-0.05, 0) is 33.6 Å². The van der Waals surface area contributed by atoms with Gasteiger partial charge in [0.05, 0.1) is 12.5 Å². The van der Waals surface area contributed by atoms with Gasteiger partial charge in [-0.3, -0.25) is 9.59 Å². The van der Waals surface area contributed by atoms with E-state index in [1.165, 1.54) is 41.5 Å². The van der Waals surface area contributed by atoms with E-state index >= 15 is 0 Å². The minimum Gasteiger partial charge on any atom is -0.465 e. The molecule has 0 bridgehead atoms. The number of ether oxygens (including phenoxy) is 2. The summed E-state index contributed by atoms with van der Waals surface area (Å²) in [7, 11) is 0. The fourth-order valence-electron chi connectivity index (χ4n) is 1.94. The summed E-state index contributed by atoms with van der Waals surface area (Å²) in [5, 5.41) is 0. The molecule has 0 saturated heterocycles. The molecule has 2 atom stereocenters. The Labute approximate surface area is 123 Å². The zero-order valence-electron chi connectivity index (χ0n) is 13.2. The van der Waals surface area contributed by atoms with Crippen LogP contribution >= 0.6 is 0 Å². The summed E-state index contributed by atoms with van der Waals surface area (Å²) in [6.07, 6.45) is -4.71. The number of carbonyl (C=O) groups excluding carboxylic acids is 2. The van der Waals surface area contributed by atoms with Crippen molar-refractivity contribution >= 4 is 11.9 Å². The largest absolute Gasteiger partial charge is 0.465 e. The molecule has 0 aromatic rings. The van der Waals surface area contributed by atoms with Gasteiger partial charge in [0.25, 0.3) is 0 Å². The third kappa shape index (κ3) is 6.35. The predicted octanol–water partition coefficient (Wildman–Crippen LogP) is 3.34. The summed E-state index contributed by atoms with van der Waals surface area (Å²) >= 11 is 0. The molecular formula is C14H23F3O4. The molecule has 0 rings (SSSR count).